The Morgan fingerprint density at radius 3 is 2.54 bits per heavy atom. The van der Waals surface area contributed by atoms with Gasteiger partial charge in [-0.15, -0.1) is 6.58 Å². The number of nitrogens with two attached hydrogens (primary N) is 1. The van der Waals surface area contributed by atoms with E-state index in [0.717, 1.165) is 18.4 Å². The molecule has 0 saturated carbocycles. The van der Waals surface area contributed by atoms with Gasteiger partial charge in [-0.1, -0.05) is 50.6 Å². The van der Waals surface area contributed by atoms with Crippen LogP contribution in [0, 0.1) is 18.8 Å². The van der Waals surface area contributed by atoms with Gasteiger partial charge in [-0.2, -0.15) is 0 Å². The van der Waals surface area contributed by atoms with E-state index in [0.29, 0.717) is 35.8 Å². The number of rotatable bonds is 19. The molecule has 306 valence electrons. The largest absolute Gasteiger partial charge is 0.489 e. The van der Waals surface area contributed by atoms with E-state index in [1.54, 1.807) is 38.2 Å². The van der Waals surface area contributed by atoms with E-state index in [2.05, 4.69) is 27.2 Å². The maximum Gasteiger partial charge on any atom is 0.333 e. The van der Waals surface area contributed by atoms with Crippen molar-refractivity contribution in [3.63, 3.8) is 0 Å². The Bertz CT molecular complexity index is 2160. The lowest BCUT2D eigenvalue weighted by Gasteiger charge is -2.22. The molecule has 1 amide bonds. The Hall–Kier alpha value is -4.97. The molecule has 2 aromatic heterocycles. The fourth-order valence-corrected chi connectivity index (χ4v) is 7.61. The molecule has 16 heteroatoms. The number of anilines is 1. The van der Waals surface area contributed by atoms with Crippen LogP contribution >= 0.6 is 0 Å². The van der Waals surface area contributed by atoms with Gasteiger partial charge in [0.2, 0.25) is 5.91 Å². The van der Waals surface area contributed by atoms with Crippen LogP contribution in [0.15, 0.2) is 70.8 Å². The van der Waals surface area contributed by atoms with Gasteiger partial charge in [-0.3, -0.25) is 19.0 Å². The third kappa shape index (κ3) is 9.11. The summed E-state index contributed by atoms with van der Waals surface area (Å²) in [6.07, 6.45) is -0.492. The zero-order chi connectivity index (χ0) is 40.8. The number of nitrogens with zero attached hydrogens (tertiary/aromatic N) is 3. The number of hydrogen-bond donors (Lipinski definition) is 5. The van der Waals surface area contributed by atoms with Gasteiger partial charge in [0.15, 0.2) is 29.5 Å². The Kier molecular flexibility index (Phi) is 13.5. The summed E-state index contributed by atoms with van der Waals surface area (Å²) in [5.41, 5.74) is 7.01. The normalized spacial score (nSPS) is 21.4. The highest BCUT2D eigenvalue weighted by atomic mass is 16.8. The Labute approximate surface area is 330 Å². The van der Waals surface area contributed by atoms with Gasteiger partial charge >= 0.3 is 5.69 Å². The first kappa shape index (κ1) is 41.7. The second-order valence-corrected chi connectivity index (χ2v) is 14.9. The Morgan fingerprint density at radius 2 is 1.86 bits per heavy atom. The molecule has 4 aromatic rings. The summed E-state index contributed by atoms with van der Waals surface area (Å²) in [5, 5.41) is 16.3. The molecule has 6 N–H and O–H groups in total. The van der Waals surface area contributed by atoms with E-state index in [4.69, 9.17) is 24.7 Å². The van der Waals surface area contributed by atoms with E-state index in [-0.39, 0.29) is 54.4 Å². The number of carbonyl (C=O) groups excluding carboxylic acids is 2. The zero-order valence-electron chi connectivity index (χ0n) is 32.8. The minimum Gasteiger partial charge on any atom is -0.489 e. The predicted octanol–water partition coefficient (Wildman–Crippen LogP) is 3.22. The summed E-state index contributed by atoms with van der Waals surface area (Å²) < 4.78 is 27.5. The van der Waals surface area contributed by atoms with Crippen molar-refractivity contribution in [1.29, 1.82) is 0 Å². The van der Waals surface area contributed by atoms with Crippen LogP contribution in [-0.4, -0.2) is 80.5 Å². The molecule has 1 unspecified atom stereocenters. The summed E-state index contributed by atoms with van der Waals surface area (Å²) in [7, 11) is 1.76. The number of carbonyl (C=O) groups is 2. The third-order valence-electron chi connectivity index (χ3n) is 10.4. The maximum atomic E-state index is 13.7. The number of unbranched alkanes of at least 4 members (excludes halogenated alkanes) is 1. The summed E-state index contributed by atoms with van der Waals surface area (Å²) in [4.78, 5) is 60.1. The quantitative estimate of drug-likeness (QED) is 0.0685. The van der Waals surface area contributed by atoms with E-state index in [1.165, 1.54) is 15.2 Å². The number of fused-ring (bicyclic) bond motifs is 2. The molecule has 2 saturated heterocycles. The van der Waals surface area contributed by atoms with Gasteiger partial charge < -0.3 is 45.4 Å². The van der Waals surface area contributed by atoms with Gasteiger partial charge in [0, 0.05) is 30.1 Å². The first-order valence-corrected chi connectivity index (χ1v) is 19.4. The summed E-state index contributed by atoms with van der Waals surface area (Å²) in [5.74, 6) is 0.336. The molecule has 0 radical (unpaired) electrons. The number of aromatic amines is 1. The van der Waals surface area contributed by atoms with Crippen LogP contribution in [0.2, 0.25) is 0 Å². The summed E-state index contributed by atoms with van der Waals surface area (Å²) in [6, 6.07) is 14.2. The molecular formula is C41H53N7O9. The van der Waals surface area contributed by atoms with Gasteiger partial charge in [0.05, 0.1) is 12.6 Å². The number of amides is 1. The molecule has 0 bridgehead atoms. The first-order valence-electron chi connectivity index (χ1n) is 19.4. The number of hydrogen-bond acceptors (Lipinski definition) is 12. The van der Waals surface area contributed by atoms with Crippen molar-refractivity contribution in [3.8, 4) is 5.75 Å². The number of aromatic nitrogens is 4. The second-order valence-electron chi connectivity index (χ2n) is 14.9. The highest BCUT2D eigenvalue weighted by Gasteiger charge is 2.54. The standard InChI is InChI=1S/C41H53N7O9/c1-6-18-47-33-36(44-24(4)45-38(33)52)48(41(47)53)39-35-34(31(21-49)55-39)56-40(57-35)27-11-9-12-29(19-27)54-22-25-13-15-28(16-14-25)46-37(51)26(10-7-8-17-42)20-30(50)32(43-5)23(2)3/h6,9,11-16,19,23,26,31-32,34-35,39-40,43,49H,1,7-8,10,17-18,20-22,42H2,2-5H3,(H,46,51)(H,44,45,52)/t26-,31-,32+,34-,35-,39-,40?/m1/s1. The highest BCUT2D eigenvalue weighted by molar-refractivity contribution is 5.96. The molecule has 2 aliphatic rings. The number of aryl methyl sites for hydroxylation is 1. The SMILES string of the molecule is C=CCn1c(=O)n([C@@H]2O[C@H](CO)[C@H]3OC(c4cccc(OCc5ccc(NC(=O)[C@H](CCCCN)CC(=O)[C@@H](NC)C(C)C)cc5)c4)O[C@H]32)c2nc(C)[nH]c(=O)c21. The summed E-state index contributed by atoms with van der Waals surface area (Å²) in [6.45, 7) is 9.74. The average Bonchev–Trinajstić information content (AvgIpc) is 3.85. The number of likely N-dealkylation sites (N-methyl/N-ethyl adjacent to an activating group) is 1. The monoisotopic (exact) mass is 787 g/mol. The van der Waals surface area contributed by atoms with Crippen molar-refractivity contribution in [2.45, 2.75) is 96.5 Å². The lowest BCUT2D eigenvalue weighted by atomic mass is 9.89. The van der Waals surface area contributed by atoms with E-state index >= 15 is 0 Å². The number of allylic oxidation sites excluding steroid dienone is 1. The average molecular weight is 788 g/mol. The Balaban J connectivity index is 1.11. The number of ketones is 1. The molecule has 2 aromatic carbocycles. The number of aliphatic hydroxyl groups is 1. The smallest absolute Gasteiger partial charge is 0.333 e. The van der Waals surface area contributed by atoms with Crippen LogP contribution < -0.4 is 32.4 Å². The van der Waals surface area contributed by atoms with Crippen LogP contribution in [-0.2, 0) is 37.0 Å². The number of Topliss-reactive ketones (excluding diaryl/α,β-unsaturated/α-hetero) is 1. The fourth-order valence-electron chi connectivity index (χ4n) is 7.61. The van der Waals surface area contributed by atoms with Crippen molar-refractivity contribution >= 4 is 28.5 Å². The number of imidazole rings is 1. The number of H-pyrrole nitrogens is 1. The topological polar surface area (TPSA) is 214 Å². The van der Waals surface area contributed by atoms with Crippen LogP contribution in [0.5, 0.6) is 5.75 Å². The van der Waals surface area contributed by atoms with Crippen molar-refractivity contribution in [2.24, 2.45) is 17.6 Å². The van der Waals surface area contributed by atoms with Crippen LogP contribution in [0.4, 0.5) is 5.69 Å². The molecule has 7 atom stereocenters. The molecular weight excluding hydrogens is 734 g/mol. The molecule has 0 spiro atoms. The minimum atomic E-state index is -1.04. The van der Waals surface area contributed by atoms with Crippen molar-refractivity contribution < 1.29 is 33.6 Å². The van der Waals surface area contributed by atoms with Gasteiger partial charge in [-0.25, -0.2) is 14.3 Å². The first-order chi connectivity index (χ1) is 27.5. The van der Waals surface area contributed by atoms with Crippen LogP contribution in [0.3, 0.4) is 0 Å². The second kappa shape index (κ2) is 18.5. The van der Waals surface area contributed by atoms with Gasteiger partial charge in [0.25, 0.3) is 5.56 Å². The fraction of sp³-hybridized carbons (Fsp3) is 0.488. The van der Waals surface area contributed by atoms with Crippen LogP contribution in [0.25, 0.3) is 11.2 Å². The van der Waals surface area contributed by atoms with Crippen molar-refractivity contribution in [3.05, 3.63) is 99.0 Å². The Morgan fingerprint density at radius 1 is 1.11 bits per heavy atom. The minimum absolute atomic E-state index is 0.0191. The van der Waals surface area contributed by atoms with E-state index < -0.39 is 54.6 Å². The molecule has 4 heterocycles. The molecule has 2 aliphatic heterocycles. The molecule has 2 fully saturated rings. The third-order valence-corrected chi connectivity index (χ3v) is 10.4. The lowest BCUT2D eigenvalue weighted by Crippen LogP contribution is -2.40. The lowest BCUT2D eigenvalue weighted by molar-refractivity contribution is -0.154. The molecule has 0 aliphatic carbocycles. The molecule has 57 heavy (non-hydrogen) atoms. The van der Waals surface area contributed by atoms with Crippen LogP contribution in [0.1, 0.15) is 69.0 Å². The van der Waals surface area contributed by atoms with E-state index in [1.807, 2.05) is 38.1 Å². The number of ether oxygens (including phenoxy) is 4. The zero-order valence-corrected chi connectivity index (χ0v) is 32.8. The van der Waals surface area contributed by atoms with Crippen molar-refractivity contribution in [1.82, 2.24) is 24.4 Å². The van der Waals surface area contributed by atoms with Gasteiger partial charge in [-0.05, 0) is 69.1 Å². The number of nitrogens with one attached hydrogen (secondary N) is 3. The molecule has 6 rings (SSSR count). The predicted molar refractivity (Wildman–Crippen MR) is 213 cm³/mol. The maximum absolute atomic E-state index is 13.7. The summed E-state index contributed by atoms with van der Waals surface area (Å²) >= 11 is 0. The highest BCUT2D eigenvalue weighted by Crippen LogP contribution is 2.44. The van der Waals surface area contributed by atoms with Gasteiger partial charge in [0.1, 0.15) is 36.5 Å². The van der Waals surface area contributed by atoms with Crippen molar-refractivity contribution in [2.75, 3.05) is 25.5 Å². The molecule has 16 nitrogen and oxygen atoms in total. The number of aliphatic hydroxyl groups excluding tert-OH is 1. The number of benzene rings is 2. The van der Waals surface area contributed by atoms with E-state index in [9.17, 15) is 24.3 Å².